The van der Waals surface area contributed by atoms with Crippen LogP contribution >= 0.6 is 11.3 Å². The largest absolute Gasteiger partial charge is 0.465 e. The number of aromatic nitrogens is 2. The van der Waals surface area contributed by atoms with Crippen LogP contribution < -0.4 is 4.80 Å². The highest BCUT2D eigenvalue weighted by molar-refractivity contribution is 7.16. The van der Waals surface area contributed by atoms with E-state index >= 15 is 0 Å². The molecule has 3 rings (SSSR count). The van der Waals surface area contributed by atoms with E-state index in [1.54, 1.807) is 13.8 Å². The molecule has 0 bridgehead atoms. The zero-order valence-electron chi connectivity index (χ0n) is 14.4. The van der Waals surface area contributed by atoms with Gasteiger partial charge in [0.05, 0.1) is 27.4 Å². The number of nitrogens with zero attached hydrogens (tertiary/aromatic N) is 4. The van der Waals surface area contributed by atoms with E-state index in [1.807, 2.05) is 0 Å². The van der Waals surface area contributed by atoms with E-state index in [0.717, 1.165) is 11.3 Å². The molecule has 0 radical (unpaired) electrons. The van der Waals surface area contributed by atoms with E-state index in [-0.39, 0.29) is 29.4 Å². The third-order valence-corrected chi connectivity index (χ3v) is 4.55. The number of nitro benzene ring substituents is 1. The second-order valence-electron chi connectivity index (χ2n) is 5.43. The van der Waals surface area contributed by atoms with E-state index < -0.39 is 16.8 Å². The van der Waals surface area contributed by atoms with Crippen molar-refractivity contribution in [1.82, 2.24) is 9.72 Å². The Kier molecular flexibility index (Phi) is 5.12. The Morgan fingerprint density at radius 1 is 1.41 bits per heavy atom. The highest BCUT2D eigenvalue weighted by atomic mass is 32.1. The zero-order valence-corrected chi connectivity index (χ0v) is 15.2. The van der Waals surface area contributed by atoms with Crippen molar-refractivity contribution in [2.24, 2.45) is 4.99 Å². The molecule has 0 fully saturated rings. The molecule has 0 aliphatic rings. The summed E-state index contributed by atoms with van der Waals surface area (Å²) in [6.07, 6.45) is 0. The molecule has 27 heavy (non-hydrogen) atoms. The summed E-state index contributed by atoms with van der Waals surface area (Å²) in [5, 5.41) is 14.6. The van der Waals surface area contributed by atoms with Crippen LogP contribution in [0.2, 0.25) is 0 Å². The second-order valence-corrected chi connectivity index (χ2v) is 6.44. The first-order valence-corrected chi connectivity index (χ1v) is 8.66. The van der Waals surface area contributed by atoms with Gasteiger partial charge in [0.15, 0.2) is 4.80 Å². The fourth-order valence-electron chi connectivity index (χ4n) is 2.36. The predicted octanol–water partition coefficient (Wildman–Crippen LogP) is 2.21. The van der Waals surface area contributed by atoms with Gasteiger partial charge in [-0.2, -0.15) is 4.99 Å². The van der Waals surface area contributed by atoms with Crippen molar-refractivity contribution in [3.63, 3.8) is 0 Å². The molecule has 2 heterocycles. The van der Waals surface area contributed by atoms with Crippen molar-refractivity contribution in [3.8, 4) is 0 Å². The highest BCUT2D eigenvalue weighted by Gasteiger charge is 2.17. The number of thiazole rings is 1. The van der Waals surface area contributed by atoms with Crippen molar-refractivity contribution in [2.45, 2.75) is 20.4 Å². The molecule has 3 aromatic rings. The number of carbonyl (C=O) groups excluding carboxylic acids is 2. The van der Waals surface area contributed by atoms with Crippen LogP contribution in [-0.2, 0) is 16.1 Å². The Hall–Kier alpha value is -3.34. The van der Waals surface area contributed by atoms with Gasteiger partial charge in [0, 0.05) is 18.2 Å². The first kappa shape index (κ1) is 18.5. The maximum Gasteiger partial charge on any atom is 0.326 e. The van der Waals surface area contributed by atoms with Crippen LogP contribution in [0, 0.1) is 17.0 Å². The van der Waals surface area contributed by atoms with Crippen LogP contribution in [0.4, 0.5) is 5.69 Å². The van der Waals surface area contributed by atoms with E-state index in [1.165, 1.54) is 28.8 Å². The first-order chi connectivity index (χ1) is 12.9. The number of amides is 1. The lowest BCUT2D eigenvalue weighted by molar-refractivity contribution is -0.384. The van der Waals surface area contributed by atoms with E-state index in [9.17, 15) is 19.7 Å². The zero-order chi connectivity index (χ0) is 19.6. The fourth-order valence-corrected chi connectivity index (χ4v) is 3.42. The second kappa shape index (κ2) is 7.50. The highest BCUT2D eigenvalue weighted by Crippen LogP contribution is 2.23. The van der Waals surface area contributed by atoms with Crippen molar-refractivity contribution in [1.29, 1.82) is 0 Å². The third-order valence-electron chi connectivity index (χ3n) is 3.51. The molecule has 2 aromatic heterocycles. The molecular weight excluding hydrogens is 376 g/mol. The predicted molar refractivity (Wildman–Crippen MR) is 94.2 cm³/mol. The number of hydrogen-bond acceptors (Lipinski definition) is 8. The summed E-state index contributed by atoms with van der Waals surface area (Å²) in [6.45, 7) is 3.36. The van der Waals surface area contributed by atoms with Crippen LogP contribution in [0.5, 0.6) is 0 Å². The van der Waals surface area contributed by atoms with Crippen LogP contribution in [0.25, 0.3) is 10.2 Å². The van der Waals surface area contributed by atoms with Crippen LogP contribution in [0.15, 0.2) is 33.8 Å². The lowest BCUT2D eigenvalue weighted by atomic mass is 10.3. The number of nitro groups is 1. The summed E-state index contributed by atoms with van der Waals surface area (Å²) >= 11 is 1.05. The molecule has 0 unspecified atom stereocenters. The number of fused-ring (bicyclic) bond motifs is 1. The minimum atomic E-state index is -0.672. The number of non-ortho nitro benzene ring substituents is 1. The SMILES string of the molecule is CCOC(=O)Cn1c(=NC(=O)c2cc(C)no2)sc2cc([N+](=O)[O-])ccc21. The quantitative estimate of drug-likeness (QED) is 0.371. The number of aryl methyl sites for hydroxylation is 1. The average molecular weight is 390 g/mol. The minimum Gasteiger partial charge on any atom is -0.465 e. The number of esters is 1. The van der Waals surface area contributed by atoms with Crippen LogP contribution in [0.1, 0.15) is 23.2 Å². The fraction of sp³-hybridized carbons (Fsp3) is 0.250. The van der Waals surface area contributed by atoms with Gasteiger partial charge in [-0.05, 0) is 19.9 Å². The standard InChI is InChI=1S/C16H14N4O6S/c1-3-25-14(21)8-19-11-5-4-10(20(23)24)7-13(11)27-16(19)17-15(22)12-6-9(2)18-26-12/h4-7H,3,8H2,1-2H3. The van der Waals surface area contributed by atoms with Crippen LogP contribution in [-0.4, -0.2) is 33.1 Å². The van der Waals surface area contributed by atoms with Gasteiger partial charge in [-0.25, -0.2) is 0 Å². The molecule has 0 saturated heterocycles. The minimum absolute atomic E-state index is 0.0429. The molecule has 1 aromatic carbocycles. The van der Waals surface area contributed by atoms with Gasteiger partial charge in [0.2, 0.25) is 5.76 Å². The molecule has 10 nitrogen and oxygen atoms in total. The van der Waals surface area contributed by atoms with Crippen LogP contribution in [0.3, 0.4) is 0 Å². The normalized spacial score (nSPS) is 11.7. The van der Waals surface area contributed by atoms with E-state index in [2.05, 4.69) is 10.1 Å². The van der Waals surface area contributed by atoms with Crippen molar-refractivity contribution < 1.29 is 23.8 Å². The number of rotatable bonds is 5. The van der Waals surface area contributed by atoms with Crippen molar-refractivity contribution in [2.75, 3.05) is 6.61 Å². The molecule has 140 valence electrons. The maximum absolute atomic E-state index is 12.3. The topological polar surface area (TPSA) is 130 Å². The Balaban J connectivity index is 2.13. The Labute approximate surface area is 155 Å². The van der Waals surface area contributed by atoms with Gasteiger partial charge >= 0.3 is 11.9 Å². The molecule has 0 aliphatic carbocycles. The van der Waals surface area contributed by atoms with Gasteiger partial charge in [-0.1, -0.05) is 16.5 Å². The Morgan fingerprint density at radius 2 is 2.19 bits per heavy atom. The molecule has 0 aliphatic heterocycles. The van der Waals surface area contributed by atoms with Crippen molar-refractivity contribution in [3.05, 3.63) is 50.6 Å². The molecule has 0 saturated carbocycles. The maximum atomic E-state index is 12.3. The van der Waals surface area contributed by atoms with Gasteiger partial charge < -0.3 is 13.8 Å². The van der Waals surface area contributed by atoms with Gasteiger partial charge in [-0.3, -0.25) is 19.7 Å². The molecule has 0 N–H and O–H groups in total. The summed E-state index contributed by atoms with van der Waals surface area (Å²) in [5.41, 5.74) is 0.953. The molecule has 11 heteroatoms. The molecule has 0 atom stereocenters. The summed E-state index contributed by atoms with van der Waals surface area (Å²) in [4.78, 5) is 38.9. The average Bonchev–Trinajstić information content (AvgIpc) is 3.19. The monoisotopic (exact) mass is 390 g/mol. The summed E-state index contributed by atoms with van der Waals surface area (Å²) in [6, 6.07) is 5.64. The molecule has 0 spiro atoms. The van der Waals surface area contributed by atoms with Gasteiger partial charge in [-0.15, -0.1) is 0 Å². The Bertz CT molecular complexity index is 1110. The molecular formula is C16H14N4O6S. The van der Waals surface area contributed by atoms with E-state index in [0.29, 0.717) is 15.9 Å². The van der Waals surface area contributed by atoms with Gasteiger partial charge in [0.25, 0.3) is 5.69 Å². The first-order valence-electron chi connectivity index (χ1n) is 7.85. The van der Waals surface area contributed by atoms with E-state index in [4.69, 9.17) is 9.26 Å². The van der Waals surface area contributed by atoms with Crippen molar-refractivity contribution >= 4 is 39.1 Å². The molecule has 1 amide bonds. The Morgan fingerprint density at radius 3 is 2.81 bits per heavy atom. The number of hydrogen-bond donors (Lipinski definition) is 0. The smallest absolute Gasteiger partial charge is 0.326 e. The number of benzene rings is 1. The third kappa shape index (κ3) is 3.92. The lowest BCUT2D eigenvalue weighted by Crippen LogP contribution is -2.23. The summed E-state index contributed by atoms with van der Waals surface area (Å²) in [5.74, 6) is -1.23. The number of ether oxygens (including phenoxy) is 1. The summed E-state index contributed by atoms with van der Waals surface area (Å²) in [7, 11) is 0. The number of carbonyl (C=O) groups is 2. The summed E-state index contributed by atoms with van der Waals surface area (Å²) < 4.78 is 11.8. The van der Waals surface area contributed by atoms with Gasteiger partial charge in [0.1, 0.15) is 6.54 Å². The lowest BCUT2D eigenvalue weighted by Gasteiger charge is -2.04.